The molecular weight excluding hydrogens is 192 g/mol. The zero-order chi connectivity index (χ0) is 12.2. The van der Waals surface area contributed by atoms with Crippen LogP contribution in [-0.2, 0) is 0 Å². The normalized spacial score (nSPS) is 19.0. The molecule has 92 valence electrons. The highest BCUT2D eigenvalue weighted by Crippen LogP contribution is 2.24. The molecule has 0 saturated heterocycles. The van der Waals surface area contributed by atoms with Gasteiger partial charge in [0.1, 0.15) is 6.10 Å². The molecule has 0 rings (SSSR count). The van der Waals surface area contributed by atoms with Gasteiger partial charge in [0.2, 0.25) is 0 Å². The van der Waals surface area contributed by atoms with Gasteiger partial charge in [0, 0.05) is 0 Å². The summed E-state index contributed by atoms with van der Waals surface area (Å²) in [7, 11) is 0. The lowest BCUT2D eigenvalue weighted by molar-refractivity contribution is -0.0538. The molecule has 0 saturated carbocycles. The van der Waals surface area contributed by atoms with E-state index in [0.29, 0.717) is 6.42 Å². The number of aliphatic hydroxyl groups is 2. The van der Waals surface area contributed by atoms with Gasteiger partial charge in [-0.1, -0.05) is 34.1 Å². The summed E-state index contributed by atoms with van der Waals surface area (Å²) in [4.78, 5) is 0. The average molecular weight is 218 g/mol. The summed E-state index contributed by atoms with van der Waals surface area (Å²) >= 11 is 0. The van der Waals surface area contributed by atoms with E-state index in [9.17, 15) is 10.2 Å². The Morgan fingerprint density at radius 2 is 1.60 bits per heavy atom. The van der Waals surface area contributed by atoms with Gasteiger partial charge in [0.05, 0.1) is 11.8 Å². The minimum atomic E-state index is -1.23. The molecule has 3 unspecified atom stereocenters. The maximum Gasteiger partial charge on any atom is 0.111 e. The maximum atomic E-state index is 9.90. The Kier molecular flexibility index (Phi) is 5.73. The Balaban J connectivity index is 4.56. The van der Waals surface area contributed by atoms with E-state index >= 15 is 0 Å². The second-order valence-corrected chi connectivity index (χ2v) is 4.83. The minimum Gasteiger partial charge on any atom is -0.390 e. The lowest BCUT2D eigenvalue weighted by atomic mass is 9.80. The van der Waals surface area contributed by atoms with Crippen LogP contribution in [-0.4, -0.2) is 28.1 Å². The summed E-state index contributed by atoms with van der Waals surface area (Å²) in [6.45, 7) is 7.83. The standard InChI is InChI=1S/C11H26N2O2/c1-5-6-9(14)10(15)11(12,13)8(4)7(2)3/h7-10,14-15H,5-6,12-13H2,1-4H3. The molecule has 4 nitrogen and oxygen atoms in total. The molecule has 0 fully saturated rings. The largest absolute Gasteiger partial charge is 0.390 e. The molecule has 0 bridgehead atoms. The average Bonchev–Trinajstić information content (AvgIpc) is 2.15. The van der Waals surface area contributed by atoms with E-state index in [4.69, 9.17) is 11.5 Å². The molecule has 6 N–H and O–H groups in total. The van der Waals surface area contributed by atoms with Gasteiger partial charge in [-0.25, -0.2) is 0 Å². The summed E-state index contributed by atoms with van der Waals surface area (Å²) in [5, 5.41) is 19.6. The first-order chi connectivity index (χ1) is 6.75. The lowest BCUT2D eigenvalue weighted by Gasteiger charge is -2.40. The van der Waals surface area contributed by atoms with Crippen LogP contribution in [0.15, 0.2) is 0 Å². The predicted molar refractivity (Wildman–Crippen MR) is 62.0 cm³/mol. The highest BCUT2D eigenvalue weighted by Gasteiger charge is 2.40. The fraction of sp³-hybridized carbons (Fsp3) is 1.00. The van der Waals surface area contributed by atoms with Crippen LogP contribution in [0.5, 0.6) is 0 Å². The van der Waals surface area contributed by atoms with Crippen molar-refractivity contribution in [1.82, 2.24) is 0 Å². The van der Waals surface area contributed by atoms with Crippen molar-refractivity contribution in [3.63, 3.8) is 0 Å². The molecule has 4 heteroatoms. The first kappa shape index (κ1) is 14.8. The molecule has 0 spiro atoms. The summed E-state index contributed by atoms with van der Waals surface area (Å²) in [5.74, 6) is 0.211. The van der Waals surface area contributed by atoms with E-state index in [-0.39, 0.29) is 11.8 Å². The number of rotatable bonds is 6. The smallest absolute Gasteiger partial charge is 0.111 e. The summed E-state index contributed by atoms with van der Waals surface area (Å²) < 4.78 is 0. The van der Waals surface area contributed by atoms with Gasteiger partial charge in [-0.05, 0) is 18.3 Å². The zero-order valence-electron chi connectivity index (χ0n) is 10.3. The SMILES string of the molecule is CCCC(O)C(O)C(N)(N)C(C)C(C)C. The molecule has 0 amide bonds. The van der Waals surface area contributed by atoms with Crippen LogP contribution in [0, 0.1) is 11.8 Å². The van der Waals surface area contributed by atoms with Crippen molar-refractivity contribution in [2.24, 2.45) is 23.3 Å². The van der Waals surface area contributed by atoms with Crippen molar-refractivity contribution in [1.29, 1.82) is 0 Å². The molecule has 3 atom stereocenters. The summed E-state index contributed by atoms with van der Waals surface area (Å²) in [6.07, 6.45) is -0.604. The van der Waals surface area contributed by atoms with Crippen molar-refractivity contribution in [2.75, 3.05) is 0 Å². The Morgan fingerprint density at radius 1 is 1.13 bits per heavy atom. The van der Waals surface area contributed by atoms with Crippen LogP contribution in [0.25, 0.3) is 0 Å². The van der Waals surface area contributed by atoms with Crippen molar-refractivity contribution < 1.29 is 10.2 Å². The predicted octanol–water partition coefficient (Wildman–Crippen LogP) is 0.414. The van der Waals surface area contributed by atoms with Gasteiger partial charge in [0.15, 0.2) is 0 Å². The number of hydrogen-bond donors (Lipinski definition) is 4. The van der Waals surface area contributed by atoms with E-state index in [1.807, 2.05) is 27.7 Å². The molecule has 0 aliphatic heterocycles. The van der Waals surface area contributed by atoms with Gasteiger partial charge in [-0.15, -0.1) is 0 Å². The molecule has 0 aliphatic rings. The third-order valence-electron chi connectivity index (χ3n) is 3.25. The number of nitrogens with two attached hydrogens (primary N) is 2. The molecule has 15 heavy (non-hydrogen) atoms. The van der Waals surface area contributed by atoms with Crippen LogP contribution < -0.4 is 11.5 Å². The van der Waals surface area contributed by atoms with Crippen LogP contribution in [0.2, 0.25) is 0 Å². The highest BCUT2D eigenvalue weighted by molar-refractivity contribution is 4.94. The van der Waals surface area contributed by atoms with Crippen molar-refractivity contribution in [2.45, 2.75) is 58.4 Å². The van der Waals surface area contributed by atoms with Crippen LogP contribution in [0.1, 0.15) is 40.5 Å². The minimum absolute atomic E-state index is 0.0565. The van der Waals surface area contributed by atoms with Gasteiger partial charge < -0.3 is 21.7 Å². The molecular formula is C11H26N2O2. The third-order valence-corrected chi connectivity index (χ3v) is 3.25. The zero-order valence-corrected chi connectivity index (χ0v) is 10.3. The van der Waals surface area contributed by atoms with Gasteiger partial charge in [-0.2, -0.15) is 0 Å². The Labute approximate surface area is 92.7 Å². The van der Waals surface area contributed by atoms with Crippen LogP contribution in [0.4, 0.5) is 0 Å². The molecule has 0 aromatic rings. The van der Waals surface area contributed by atoms with Crippen molar-refractivity contribution in [3.05, 3.63) is 0 Å². The number of hydrogen-bond acceptors (Lipinski definition) is 4. The number of aliphatic hydroxyl groups excluding tert-OH is 2. The van der Waals surface area contributed by atoms with Gasteiger partial charge >= 0.3 is 0 Å². The third kappa shape index (κ3) is 3.72. The first-order valence-corrected chi connectivity index (χ1v) is 5.69. The fourth-order valence-corrected chi connectivity index (χ4v) is 1.63. The van der Waals surface area contributed by atoms with Gasteiger partial charge in [0.25, 0.3) is 0 Å². The molecule has 0 radical (unpaired) electrons. The second-order valence-electron chi connectivity index (χ2n) is 4.83. The monoisotopic (exact) mass is 218 g/mol. The van der Waals surface area contributed by atoms with E-state index < -0.39 is 17.9 Å². The quantitative estimate of drug-likeness (QED) is 0.486. The van der Waals surface area contributed by atoms with E-state index in [0.717, 1.165) is 6.42 Å². The van der Waals surface area contributed by atoms with E-state index in [2.05, 4.69) is 0 Å². The molecule has 0 aliphatic carbocycles. The molecule has 0 aromatic heterocycles. The van der Waals surface area contributed by atoms with Crippen LogP contribution in [0.3, 0.4) is 0 Å². The summed E-state index contributed by atoms with van der Waals surface area (Å²) in [5.41, 5.74) is 10.6. The Morgan fingerprint density at radius 3 is 1.93 bits per heavy atom. The van der Waals surface area contributed by atoms with Crippen LogP contribution >= 0.6 is 0 Å². The van der Waals surface area contributed by atoms with Gasteiger partial charge in [-0.3, -0.25) is 0 Å². The Hall–Kier alpha value is -0.160. The van der Waals surface area contributed by atoms with Crippen molar-refractivity contribution in [3.8, 4) is 0 Å². The Bertz CT molecular complexity index is 183. The maximum absolute atomic E-state index is 9.90. The van der Waals surface area contributed by atoms with Crippen molar-refractivity contribution >= 4 is 0 Å². The molecule has 0 heterocycles. The topological polar surface area (TPSA) is 92.5 Å². The second kappa shape index (κ2) is 5.80. The molecule has 0 aromatic carbocycles. The lowest BCUT2D eigenvalue weighted by Crippen LogP contribution is -2.67. The van der Waals surface area contributed by atoms with E-state index in [1.54, 1.807) is 0 Å². The summed E-state index contributed by atoms with van der Waals surface area (Å²) in [6, 6.07) is 0. The first-order valence-electron chi connectivity index (χ1n) is 5.69. The fourth-order valence-electron chi connectivity index (χ4n) is 1.63. The van der Waals surface area contributed by atoms with E-state index in [1.165, 1.54) is 0 Å². The highest BCUT2D eigenvalue weighted by atomic mass is 16.3.